The molecular weight excluding hydrogens is 308 g/mol. The minimum atomic E-state index is -0.217. The maximum atomic E-state index is 12.0. The molecule has 0 aliphatic heterocycles. The molecule has 2 aromatic rings. The summed E-state index contributed by atoms with van der Waals surface area (Å²) in [6, 6.07) is 9.55. The van der Waals surface area contributed by atoms with Crippen molar-refractivity contribution in [2.45, 2.75) is 13.8 Å². The summed E-state index contributed by atoms with van der Waals surface area (Å²) in [4.78, 5) is 26.5. The quantitative estimate of drug-likeness (QED) is 0.854. The Kier molecular flexibility index (Phi) is 5.71. The molecule has 4 nitrogen and oxygen atoms in total. The molecule has 0 fully saturated rings. The van der Waals surface area contributed by atoms with E-state index in [1.807, 2.05) is 49.6 Å². The summed E-state index contributed by atoms with van der Waals surface area (Å²) < 4.78 is 0. The average molecular weight is 328 g/mol. The highest BCUT2D eigenvalue weighted by atomic mass is 32.1. The lowest BCUT2D eigenvalue weighted by Crippen LogP contribution is -2.33. The fraction of sp³-hybridized carbons (Fsp3) is 0.222. The van der Waals surface area contributed by atoms with E-state index in [-0.39, 0.29) is 18.4 Å². The molecule has 0 radical (unpaired) electrons. The summed E-state index contributed by atoms with van der Waals surface area (Å²) >= 11 is 1.58. The number of anilines is 1. The molecule has 2 rings (SSSR count). The number of carbonyl (C=O) groups is 2. The molecule has 1 N–H and O–H groups in total. The third-order valence-electron chi connectivity index (χ3n) is 3.37. The van der Waals surface area contributed by atoms with Gasteiger partial charge >= 0.3 is 0 Å². The van der Waals surface area contributed by atoms with Crippen molar-refractivity contribution in [3.05, 3.63) is 57.8 Å². The van der Waals surface area contributed by atoms with Crippen LogP contribution >= 0.6 is 11.3 Å². The van der Waals surface area contributed by atoms with Gasteiger partial charge in [-0.25, -0.2) is 0 Å². The van der Waals surface area contributed by atoms with Crippen molar-refractivity contribution < 1.29 is 9.59 Å². The molecule has 1 aromatic heterocycles. The number of nitrogens with zero attached hydrogens (tertiary/aromatic N) is 1. The maximum Gasteiger partial charge on any atom is 0.246 e. The van der Waals surface area contributed by atoms with E-state index in [2.05, 4.69) is 5.32 Å². The fourth-order valence-electron chi connectivity index (χ4n) is 1.96. The lowest BCUT2D eigenvalue weighted by atomic mass is 10.2. The molecule has 120 valence electrons. The predicted molar refractivity (Wildman–Crippen MR) is 95.5 cm³/mol. The lowest BCUT2D eigenvalue weighted by molar-refractivity contribution is -0.129. The lowest BCUT2D eigenvalue weighted by Gasteiger charge is -2.14. The highest BCUT2D eigenvalue weighted by Crippen LogP contribution is 2.17. The molecule has 1 heterocycles. The van der Waals surface area contributed by atoms with Crippen LogP contribution in [0.1, 0.15) is 16.0 Å². The number of nitrogens with one attached hydrogen (secondary N) is 1. The van der Waals surface area contributed by atoms with Crippen molar-refractivity contribution in [2.75, 3.05) is 18.9 Å². The largest absolute Gasteiger partial charge is 0.333 e. The molecule has 0 saturated heterocycles. The van der Waals surface area contributed by atoms with Crippen molar-refractivity contribution >= 4 is 34.9 Å². The van der Waals surface area contributed by atoms with Crippen LogP contribution in [0.25, 0.3) is 6.08 Å². The molecule has 0 aliphatic rings. The van der Waals surface area contributed by atoms with Gasteiger partial charge in [0.1, 0.15) is 0 Å². The van der Waals surface area contributed by atoms with Gasteiger partial charge in [-0.3, -0.25) is 9.59 Å². The molecule has 0 spiro atoms. The number of thiophene rings is 1. The Bertz CT molecular complexity index is 717. The summed E-state index contributed by atoms with van der Waals surface area (Å²) in [5.74, 6) is -0.415. The standard InChI is InChI=1S/C18H20N2O2S/c1-13-4-6-15(7-5-13)19-17(21)12-20(3)18(22)9-8-16-14(2)10-11-23-16/h4-11H,12H2,1-3H3,(H,19,21)/b9-8+. The van der Waals surface area contributed by atoms with Gasteiger partial charge in [-0.2, -0.15) is 0 Å². The summed E-state index contributed by atoms with van der Waals surface area (Å²) in [6.45, 7) is 4.00. The topological polar surface area (TPSA) is 49.4 Å². The first-order valence-corrected chi connectivity index (χ1v) is 8.17. The summed E-state index contributed by atoms with van der Waals surface area (Å²) in [5.41, 5.74) is 2.99. The third-order valence-corrected chi connectivity index (χ3v) is 4.36. The number of benzene rings is 1. The zero-order valence-electron chi connectivity index (χ0n) is 13.5. The molecular formula is C18H20N2O2S. The second kappa shape index (κ2) is 7.74. The number of aryl methyl sites for hydroxylation is 2. The van der Waals surface area contributed by atoms with Crippen molar-refractivity contribution in [2.24, 2.45) is 0 Å². The van der Waals surface area contributed by atoms with Gasteiger partial charge in [0.2, 0.25) is 11.8 Å². The van der Waals surface area contributed by atoms with E-state index < -0.39 is 0 Å². The highest BCUT2D eigenvalue weighted by molar-refractivity contribution is 7.11. The van der Waals surface area contributed by atoms with Gasteiger partial charge in [0.05, 0.1) is 6.54 Å². The van der Waals surface area contributed by atoms with E-state index in [1.54, 1.807) is 24.5 Å². The van der Waals surface area contributed by atoms with Crippen molar-refractivity contribution in [3.8, 4) is 0 Å². The van der Waals surface area contributed by atoms with Crippen LogP contribution in [0.15, 0.2) is 41.8 Å². The number of amides is 2. The maximum absolute atomic E-state index is 12.0. The van der Waals surface area contributed by atoms with Crippen LogP contribution in [-0.4, -0.2) is 30.3 Å². The number of likely N-dealkylation sites (N-methyl/N-ethyl adjacent to an activating group) is 1. The first kappa shape index (κ1) is 17.0. The molecule has 0 saturated carbocycles. The van der Waals surface area contributed by atoms with Gasteiger partial charge < -0.3 is 10.2 Å². The SMILES string of the molecule is Cc1ccc(NC(=O)CN(C)C(=O)/C=C/c2sccc2C)cc1. The van der Waals surface area contributed by atoms with E-state index in [4.69, 9.17) is 0 Å². The molecule has 23 heavy (non-hydrogen) atoms. The molecule has 0 aliphatic carbocycles. The second-order valence-electron chi connectivity index (χ2n) is 5.41. The van der Waals surface area contributed by atoms with E-state index in [9.17, 15) is 9.59 Å². The van der Waals surface area contributed by atoms with Gasteiger partial charge in [0, 0.05) is 23.7 Å². The zero-order chi connectivity index (χ0) is 16.8. The van der Waals surface area contributed by atoms with Gasteiger partial charge in [0.15, 0.2) is 0 Å². The Morgan fingerprint density at radius 1 is 1.17 bits per heavy atom. The van der Waals surface area contributed by atoms with Gasteiger partial charge in [-0.1, -0.05) is 17.7 Å². The van der Waals surface area contributed by atoms with Crippen molar-refractivity contribution in [1.82, 2.24) is 4.90 Å². The molecule has 5 heteroatoms. The molecule has 0 atom stereocenters. The number of rotatable bonds is 5. The van der Waals surface area contributed by atoms with E-state index in [0.717, 1.165) is 21.7 Å². The van der Waals surface area contributed by atoms with E-state index in [0.29, 0.717) is 0 Å². The predicted octanol–water partition coefficient (Wildman–Crippen LogP) is 3.48. The monoisotopic (exact) mass is 328 g/mol. The van der Waals surface area contributed by atoms with Crippen molar-refractivity contribution in [3.63, 3.8) is 0 Å². The third kappa shape index (κ3) is 5.07. The highest BCUT2D eigenvalue weighted by Gasteiger charge is 2.11. The van der Waals surface area contributed by atoms with Crippen LogP contribution in [0.4, 0.5) is 5.69 Å². The second-order valence-corrected chi connectivity index (χ2v) is 6.36. The summed E-state index contributed by atoms with van der Waals surface area (Å²) in [5, 5.41) is 4.76. The summed E-state index contributed by atoms with van der Waals surface area (Å²) in [6.07, 6.45) is 3.29. The Labute approximate surface area is 140 Å². The number of carbonyl (C=O) groups excluding carboxylic acids is 2. The zero-order valence-corrected chi connectivity index (χ0v) is 14.3. The first-order chi connectivity index (χ1) is 11.0. The Hall–Kier alpha value is -2.40. The van der Waals surface area contributed by atoms with Crippen LogP contribution < -0.4 is 5.32 Å². The minimum absolute atomic E-state index is 0.0144. The number of hydrogen-bond donors (Lipinski definition) is 1. The van der Waals surface area contributed by atoms with Crippen molar-refractivity contribution in [1.29, 1.82) is 0 Å². The van der Waals surface area contributed by atoms with E-state index in [1.165, 1.54) is 11.0 Å². The Morgan fingerprint density at radius 3 is 2.48 bits per heavy atom. The first-order valence-electron chi connectivity index (χ1n) is 7.29. The van der Waals surface area contributed by atoms with Crippen LogP contribution in [0, 0.1) is 13.8 Å². The molecule has 2 amide bonds. The minimum Gasteiger partial charge on any atom is -0.333 e. The number of hydrogen-bond acceptors (Lipinski definition) is 3. The van der Waals surface area contributed by atoms with E-state index >= 15 is 0 Å². The van der Waals surface area contributed by atoms with Gasteiger partial charge in [-0.15, -0.1) is 11.3 Å². The van der Waals surface area contributed by atoms with Gasteiger partial charge in [-0.05, 0) is 49.1 Å². The summed E-state index contributed by atoms with van der Waals surface area (Å²) in [7, 11) is 1.61. The van der Waals surface area contributed by atoms with Crippen LogP contribution in [0.5, 0.6) is 0 Å². The smallest absolute Gasteiger partial charge is 0.246 e. The molecule has 1 aromatic carbocycles. The van der Waals surface area contributed by atoms with Crippen LogP contribution in [0.2, 0.25) is 0 Å². The Balaban J connectivity index is 1.87. The molecule has 0 unspecified atom stereocenters. The Morgan fingerprint density at radius 2 is 1.87 bits per heavy atom. The van der Waals surface area contributed by atoms with Crippen LogP contribution in [-0.2, 0) is 9.59 Å². The average Bonchev–Trinajstić information content (AvgIpc) is 2.92. The molecule has 0 bridgehead atoms. The normalized spacial score (nSPS) is 10.7. The fourth-order valence-corrected chi connectivity index (χ4v) is 2.78. The van der Waals surface area contributed by atoms with Crippen LogP contribution in [0.3, 0.4) is 0 Å². The van der Waals surface area contributed by atoms with Gasteiger partial charge in [0.25, 0.3) is 0 Å².